The summed E-state index contributed by atoms with van der Waals surface area (Å²) in [6.45, 7) is 6.17. The monoisotopic (exact) mass is 467 g/mol. The van der Waals surface area contributed by atoms with Crippen molar-refractivity contribution >= 4 is 28.3 Å². The molecule has 0 fully saturated rings. The molecular weight excluding hydrogens is 438 g/mol. The minimum Gasteiger partial charge on any atom is -0.493 e. The Bertz CT molecular complexity index is 1540. The molecule has 0 spiro atoms. The van der Waals surface area contributed by atoms with Gasteiger partial charge in [0, 0.05) is 37.3 Å². The first-order valence-electron chi connectivity index (χ1n) is 11.6. The van der Waals surface area contributed by atoms with E-state index >= 15 is 0 Å². The Morgan fingerprint density at radius 1 is 0.971 bits per heavy atom. The first-order valence-corrected chi connectivity index (χ1v) is 11.6. The van der Waals surface area contributed by atoms with Crippen LogP contribution in [0.5, 0.6) is 5.75 Å². The standard InChI is InChI=1S/C27H29N7O/c1-16-8-7-9-19(12-16)17(2)28-25-22-13-20(10-11-23(22)29-18(3)30-25)21-14-24(35-6)26-31-27(33(4)5)32-34(26)15-21/h7-15,17H,1-6H3,(H,28,29,30)/t17-/m1/s1. The molecule has 0 bridgehead atoms. The van der Waals surface area contributed by atoms with E-state index in [1.807, 2.05) is 44.2 Å². The number of methoxy groups -OCH3 is 1. The summed E-state index contributed by atoms with van der Waals surface area (Å²) in [5, 5.41) is 9.16. The van der Waals surface area contributed by atoms with Gasteiger partial charge in [-0.25, -0.2) is 14.5 Å². The van der Waals surface area contributed by atoms with E-state index in [1.54, 1.807) is 11.6 Å². The average molecular weight is 468 g/mol. The highest BCUT2D eigenvalue weighted by Crippen LogP contribution is 2.32. The average Bonchev–Trinajstić information content (AvgIpc) is 3.28. The van der Waals surface area contributed by atoms with E-state index in [9.17, 15) is 0 Å². The van der Waals surface area contributed by atoms with Gasteiger partial charge in [0.1, 0.15) is 11.6 Å². The van der Waals surface area contributed by atoms with Gasteiger partial charge >= 0.3 is 0 Å². The number of nitrogens with one attached hydrogen (secondary N) is 1. The largest absolute Gasteiger partial charge is 0.493 e. The molecule has 0 unspecified atom stereocenters. The number of pyridine rings is 1. The second-order valence-electron chi connectivity index (χ2n) is 9.00. The Hall–Kier alpha value is -4.20. The van der Waals surface area contributed by atoms with Crippen molar-refractivity contribution < 1.29 is 4.74 Å². The quantitative estimate of drug-likeness (QED) is 0.367. The summed E-state index contributed by atoms with van der Waals surface area (Å²) in [5.41, 5.74) is 5.99. The second-order valence-corrected chi connectivity index (χ2v) is 9.00. The normalized spacial score (nSPS) is 12.2. The van der Waals surface area contributed by atoms with Crippen LogP contribution in [0, 0.1) is 13.8 Å². The second kappa shape index (κ2) is 8.87. The molecule has 0 aliphatic carbocycles. The van der Waals surface area contributed by atoms with Crippen molar-refractivity contribution in [3.05, 3.63) is 71.7 Å². The third-order valence-electron chi connectivity index (χ3n) is 6.04. The molecule has 8 heteroatoms. The van der Waals surface area contributed by atoms with E-state index in [4.69, 9.17) is 9.72 Å². The summed E-state index contributed by atoms with van der Waals surface area (Å²) in [6.07, 6.45) is 1.97. The zero-order valence-corrected chi connectivity index (χ0v) is 20.9. The minimum atomic E-state index is 0.0899. The number of fused-ring (bicyclic) bond motifs is 2. The van der Waals surface area contributed by atoms with E-state index in [0.717, 1.165) is 33.7 Å². The summed E-state index contributed by atoms with van der Waals surface area (Å²) < 4.78 is 7.40. The number of hydrogen-bond donors (Lipinski definition) is 1. The van der Waals surface area contributed by atoms with Crippen molar-refractivity contribution in [1.29, 1.82) is 0 Å². The summed E-state index contributed by atoms with van der Waals surface area (Å²) in [7, 11) is 5.48. The summed E-state index contributed by atoms with van der Waals surface area (Å²) in [5.74, 6) is 2.83. The van der Waals surface area contributed by atoms with Crippen molar-refractivity contribution in [2.75, 3.05) is 31.4 Å². The first-order chi connectivity index (χ1) is 16.8. The fourth-order valence-corrected chi connectivity index (χ4v) is 4.20. The SMILES string of the molecule is COc1cc(-c2ccc3nc(C)nc(N[C@H](C)c4cccc(C)c4)c3c2)cn2nc(N(C)C)nc12. The molecule has 0 saturated heterocycles. The van der Waals surface area contributed by atoms with E-state index in [2.05, 4.69) is 70.6 Å². The number of anilines is 2. The van der Waals surface area contributed by atoms with Gasteiger partial charge in [0.05, 0.1) is 12.6 Å². The Kier molecular flexibility index (Phi) is 5.72. The van der Waals surface area contributed by atoms with Crippen LogP contribution in [0.3, 0.4) is 0 Å². The lowest BCUT2D eigenvalue weighted by molar-refractivity contribution is 0.417. The van der Waals surface area contributed by atoms with Crippen molar-refractivity contribution in [2.24, 2.45) is 0 Å². The van der Waals surface area contributed by atoms with Gasteiger partial charge in [0.15, 0.2) is 11.4 Å². The number of hydrogen-bond acceptors (Lipinski definition) is 7. The molecule has 0 amide bonds. The third-order valence-corrected chi connectivity index (χ3v) is 6.04. The molecule has 3 aromatic heterocycles. The molecule has 5 rings (SSSR count). The van der Waals surface area contributed by atoms with Crippen LogP contribution in [0.1, 0.15) is 29.9 Å². The van der Waals surface area contributed by atoms with Crippen LogP contribution in [0.15, 0.2) is 54.7 Å². The molecule has 0 aliphatic rings. The highest BCUT2D eigenvalue weighted by atomic mass is 16.5. The molecule has 0 aliphatic heterocycles. The van der Waals surface area contributed by atoms with Crippen molar-refractivity contribution in [3.8, 4) is 16.9 Å². The molecule has 178 valence electrons. The van der Waals surface area contributed by atoms with Crippen molar-refractivity contribution in [2.45, 2.75) is 26.8 Å². The molecule has 0 radical (unpaired) electrons. The fraction of sp³-hybridized carbons (Fsp3) is 0.259. The molecule has 0 saturated carbocycles. The van der Waals surface area contributed by atoms with Gasteiger partial charge in [-0.05, 0) is 50.1 Å². The fourth-order valence-electron chi connectivity index (χ4n) is 4.20. The maximum absolute atomic E-state index is 5.64. The van der Waals surface area contributed by atoms with Crippen LogP contribution in [0.2, 0.25) is 0 Å². The van der Waals surface area contributed by atoms with E-state index in [0.29, 0.717) is 17.3 Å². The van der Waals surface area contributed by atoms with Crippen LogP contribution in [-0.4, -0.2) is 45.8 Å². The number of ether oxygens (including phenoxy) is 1. The lowest BCUT2D eigenvalue weighted by Crippen LogP contribution is -2.10. The van der Waals surface area contributed by atoms with E-state index in [-0.39, 0.29) is 6.04 Å². The zero-order valence-electron chi connectivity index (χ0n) is 20.9. The van der Waals surface area contributed by atoms with Crippen LogP contribution in [0.25, 0.3) is 27.7 Å². The van der Waals surface area contributed by atoms with Gasteiger partial charge in [0.2, 0.25) is 5.95 Å². The Morgan fingerprint density at radius 3 is 2.54 bits per heavy atom. The number of rotatable bonds is 6. The Labute approximate surface area is 204 Å². The molecule has 3 heterocycles. The molecular formula is C27H29N7O. The highest BCUT2D eigenvalue weighted by molar-refractivity contribution is 5.93. The number of aryl methyl sites for hydroxylation is 2. The Morgan fingerprint density at radius 2 is 1.80 bits per heavy atom. The predicted octanol–water partition coefficient (Wildman–Crippen LogP) is 5.20. The van der Waals surface area contributed by atoms with Crippen LogP contribution >= 0.6 is 0 Å². The smallest absolute Gasteiger partial charge is 0.245 e. The maximum Gasteiger partial charge on any atom is 0.245 e. The third kappa shape index (κ3) is 4.35. The lowest BCUT2D eigenvalue weighted by atomic mass is 10.0. The topological polar surface area (TPSA) is 80.5 Å². The number of aromatic nitrogens is 5. The lowest BCUT2D eigenvalue weighted by Gasteiger charge is -2.18. The summed E-state index contributed by atoms with van der Waals surface area (Å²) in [6, 6.07) is 16.8. The van der Waals surface area contributed by atoms with Gasteiger partial charge in [0.25, 0.3) is 0 Å². The van der Waals surface area contributed by atoms with Gasteiger partial charge in [-0.3, -0.25) is 0 Å². The zero-order chi connectivity index (χ0) is 24.7. The highest BCUT2D eigenvalue weighted by Gasteiger charge is 2.15. The maximum atomic E-state index is 5.64. The molecule has 5 aromatic rings. The van der Waals surface area contributed by atoms with Crippen LogP contribution in [-0.2, 0) is 0 Å². The molecule has 8 nitrogen and oxygen atoms in total. The van der Waals surface area contributed by atoms with Gasteiger partial charge < -0.3 is 15.0 Å². The van der Waals surface area contributed by atoms with Crippen molar-refractivity contribution in [3.63, 3.8) is 0 Å². The summed E-state index contributed by atoms with van der Waals surface area (Å²) in [4.78, 5) is 15.9. The van der Waals surface area contributed by atoms with Gasteiger partial charge in [-0.15, -0.1) is 5.10 Å². The van der Waals surface area contributed by atoms with E-state index in [1.165, 1.54) is 11.1 Å². The minimum absolute atomic E-state index is 0.0899. The van der Waals surface area contributed by atoms with E-state index < -0.39 is 0 Å². The number of nitrogens with zero attached hydrogens (tertiary/aromatic N) is 6. The van der Waals surface area contributed by atoms with Crippen LogP contribution in [0.4, 0.5) is 11.8 Å². The molecule has 1 atom stereocenters. The number of benzene rings is 2. The first kappa shape index (κ1) is 22.6. The van der Waals surface area contributed by atoms with Gasteiger partial charge in [-0.1, -0.05) is 35.9 Å². The molecule has 1 N–H and O–H groups in total. The summed E-state index contributed by atoms with van der Waals surface area (Å²) >= 11 is 0. The van der Waals surface area contributed by atoms with Crippen LogP contribution < -0.4 is 15.0 Å². The van der Waals surface area contributed by atoms with Gasteiger partial charge in [-0.2, -0.15) is 4.98 Å². The predicted molar refractivity (Wildman–Crippen MR) is 140 cm³/mol. The van der Waals surface area contributed by atoms with Crippen molar-refractivity contribution in [1.82, 2.24) is 24.6 Å². The molecule has 2 aromatic carbocycles. The molecule has 35 heavy (non-hydrogen) atoms. The Balaban J connectivity index is 1.60.